The molecule has 1 fully saturated rings. The summed E-state index contributed by atoms with van der Waals surface area (Å²) in [6, 6.07) is 13.6. The van der Waals surface area contributed by atoms with Crippen LogP contribution in [0.3, 0.4) is 0 Å². The Kier molecular flexibility index (Phi) is 5.76. The lowest BCUT2D eigenvalue weighted by Gasteiger charge is -2.30. The van der Waals surface area contributed by atoms with Crippen molar-refractivity contribution < 1.29 is 17.9 Å². The van der Waals surface area contributed by atoms with Gasteiger partial charge in [0.25, 0.3) is 5.91 Å². The van der Waals surface area contributed by atoms with E-state index in [0.717, 1.165) is 22.8 Å². The highest BCUT2D eigenvalue weighted by Gasteiger charge is 2.35. The molecular formula is C21H26N2O4S. The number of benzene rings is 2. The zero-order chi connectivity index (χ0) is 20.5. The SMILES string of the molecule is COc1ccc(N(C(=O)c2cccc(S(=O)(=O)N(C)C)c2)C(C)C2CC2)cc1. The van der Waals surface area contributed by atoms with Crippen molar-refractivity contribution in [3.05, 3.63) is 54.1 Å². The first-order valence-electron chi connectivity index (χ1n) is 9.26. The predicted octanol–water partition coefficient (Wildman–Crippen LogP) is 3.39. The van der Waals surface area contributed by atoms with Gasteiger partial charge in [0.2, 0.25) is 10.0 Å². The van der Waals surface area contributed by atoms with E-state index < -0.39 is 10.0 Å². The van der Waals surface area contributed by atoms with Gasteiger partial charge in [-0.25, -0.2) is 12.7 Å². The van der Waals surface area contributed by atoms with Crippen LogP contribution in [0.25, 0.3) is 0 Å². The van der Waals surface area contributed by atoms with Crippen LogP contribution in [-0.2, 0) is 10.0 Å². The van der Waals surface area contributed by atoms with Crippen LogP contribution in [0.4, 0.5) is 5.69 Å². The summed E-state index contributed by atoms with van der Waals surface area (Å²) < 4.78 is 31.3. The Morgan fingerprint density at radius 2 is 1.75 bits per heavy atom. The standard InChI is InChI=1S/C21H26N2O4S/c1-15(16-8-9-16)23(18-10-12-19(27-4)13-11-18)21(24)17-6-5-7-20(14-17)28(25,26)22(2)3/h5-7,10-16H,8-9H2,1-4H3. The molecule has 150 valence electrons. The Balaban J connectivity index is 1.99. The second kappa shape index (κ2) is 7.93. The van der Waals surface area contributed by atoms with Crippen LogP contribution in [-0.4, -0.2) is 45.9 Å². The van der Waals surface area contributed by atoms with Crippen molar-refractivity contribution in [3.63, 3.8) is 0 Å². The molecule has 0 spiro atoms. The Morgan fingerprint density at radius 3 is 2.29 bits per heavy atom. The smallest absolute Gasteiger partial charge is 0.258 e. The summed E-state index contributed by atoms with van der Waals surface area (Å²) >= 11 is 0. The summed E-state index contributed by atoms with van der Waals surface area (Å²) in [4.78, 5) is 15.3. The predicted molar refractivity (Wildman–Crippen MR) is 109 cm³/mol. The third-order valence-corrected chi connectivity index (χ3v) is 6.95. The Hall–Kier alpha value is -2.38. The molecule has 0 N–H and O–H groups in total. The van der Waals surface area contributed by atoms with Crippen LogP contribution in [0, 0.1) is 5.92 Å². The largest absolute Gasteiger partial charge is 0.497 e. The number of anilines is 1. The van der Waals surface area contributed by atoms with E-state index in [0.29, 0.717) is 17.2 Å². The van der Waals surface area contributed by atoms with Crippen LogP contribution < -0.4 is 9.64 Å². The van der Waals surface area contributed by atoms with Crippen molar-refractivity contribution in [1.82, 2.24) is 4.31 Å². The van der Waals surface area contributed by atoms with Crippen LogP contribution in [0.15, 0.2) is 53.4 Å². The van der Waals surface area contributed by atoms with E-state index in [2.05, 4.69) is 0 Å². The van der Waals surface area contributed by atoms with Gasteiger partial charge in [0.05, 0.1) is 12.0 Å². The highest BCUT2D eigenvalue weighted by molar-refractivity contribution is 7.89. The topological polar surface area (TPSA) is 66.9 Å². The number of carbonyl (C=O) groups excluding carboxylic acids is 1. The maximum Gasteiger partial charge on any atom is 0.258 e. The fraction of sp³-hybridized carbons (Fsp3) is 0.381. The van der Waals surface area contributed by atoms with E-state index in [-0.39, 0.29) is 16.8 Å². The Morgan fingerprint density at radius 1 is 1.11 bits per heavy atom. The maximum atomic E-state index is 13.4. The van der Waals surface area contributed by atoms with Gasteiger partial charge < -0.3 is 9.64 Å². The van der Waals surface area contributed by atoms with Crippen molar-refractivity contribution in [1.29, 1.82) is 0 Å². The third kappa shape index (κ3) is 4.05. The number of rotatable bonds is 7. The Bertz CT molecular complexity index is 951. The second-order valence-corrected chi connectivity index (χ2v) is 9.42. The van der Waals surface area contributed by atoms with E-state index >= 15 is 0 Å². The highest BCUT2D eigenvalue weighted by atomic mass is 32.2. The van der Waals surface area contributed by atoms with E-state index in [1.165, 1.54) is 26.2 Å². The zero-order valence-electron chi connectivity index (χ0n) is 16.6. The summed E-state index contributed by atoms with van der Waals surface area (Å²) in [5.41, 5.74) is 1.12. The number of hydrogen-bond acceptors (Lipinski definition) is 4. The summed E-state index contributed by atoms with van der Waals surface area (Å²) in [6.45, 7) is 2.04. The quantitative estimate of drug-likeness (QED) is 0.712. The number of amides is 1. The number of ether oxygens (including phenoxy) is 1. The van der Waals surface area contributed by atoms with Crippen LogP contribution >= 0.6 is 0 Å². The van der Waals surface area contributed by atoms with E-state index in [9.17, 15) is 13.2 Å². The van der Waals surface area contributed by atoms with Crippen molar-refractivity contribution in [2.45, 2.75) is 30.7 Å². The molecule has 1 unspecified atom stereocenters. The molecule has 1 amide bonds. The number of sulfonamides is 1. The molecule has 3 rings (SSSR count). The van der Waals surface area contributed by atoms with Gasteiger partial charge in [-0.1, -0.05) is 6.07 Å². The molecule has 0 aliphatic heterocycles. The van der Waals surface area contributed by atoms with Crippen LogP contribution in [0.5, 0.6) is 5.75 Å². The zero-order valence-corrected chi connectivity index (χ0v) is 17.4. The first-order chi connectivity index (χ1) is 13.3. The third-order valence-electron chi connectivity index (χ3n) is 5.14. The van der Waals surface area contributed by atoms with Crippen molar-refractivity contribution in [3.8, 4) is 5.75 Å². The lowest BCUT2D eigenvalue weighted by atomic mass is 10.1. The number of carbonyl (C=O) groups is 1. The minimum absolute atomic E-state index is 0.0232. The maximum absolute atomic E-state index is 13.4. The molecule has 0 heterocycles. The van der Waals surface area contributed by atoms with Crippen molar-refractivity contribution >= 4 is 21.6 Å². The van der Waals surface area contributed by atoms with E-state index in [4.69, 9.17) is 4.74 Å². The molecular weight excluding hydrogens is 376 g/mol. The molecule has 6 nitrogen and oxygen atoms in total. The molecule has 2 aromatic rings. The molecule has 1 saturated carbocycles. The van der Waals surface area contributed by atoms with Gasteiger partial charge >= 0.3 is 0 Å². The summed E-state index contributed by atoms with van der Waals surface area (Å²) in [7, 11) is 0.938. The number of hydrogen-bond donors (Lipinski definition) is 0. The molecule has 0 radical (unpaired) electrons. The first-order valence-corrected chi connectivity index (χ1v) is 10.7. The van der Waals surface area contributed by atoms with Crippen molar-refractivity contribution in [2.24, 2.45) is 5.92 Å². The summed E-state index contributed by atoms with van der Waals surface area (Å²) in [6.07, 6.45) is 2.19. The lowest BCUT2D eigenvalue weighted by molar-refractivity contribution is 0.0975. The molecule has 7 heteroatoms. The molecule has 0 bridgehead atoms. The van der Waals surface area contributed by atoms with Gasteiger partial charge in [-0.2, -0.15) is 0 Å². The fourth-order valence-electron chi connectivity index (χ4n) is 3.21. The number of nitrogens with zero attached hydrogens (tertiary/aromatic N) is 2. The van der Waals surface area contributed by atoms with Crippen molar-refractivity contribution in [2.75, 3.05) is 26.1 Å². The molecule has 0 saturated heterocycles. The minimum Gasteiger partial charge on any atom is -0.497 e. The average molecular weight is 403 g/mol. The minimum atomic E-state index is -3.61. The Labute approximate surface area is 166 Å². The van der Waals surface area contributed by atoms with Gasteiger partial charge in [-0.15, -0.1) is 0 Å². The van der Waals surface area contributed by atoms with Gasteiger partial charge in [0.1, 0.15) is 5.75 Å². The summed E-state index contributed by atoms with van der Waals surface area (Å²) in [5, 5.41) is 0. The lowest BCUT2D eigenvalue weighted by Crippen LogP contribution is -2.40. The second-order valence-electron chi connectivity index (χ2n) is 7.27. The van der Waals surface area contributed by atoms with E-state index in [1.807, 2.05) is 31.2 Å². The van der Waals surface area contributed by atoms with Gasteiger partial charge in [-0.05, 0) is 68.1 Å². The molecule has 2 aromatic carbocycles. The normalized spacial score (nSPS) is 15.3. The van der Waals surface area contributed by atoms with Gasteiger partial charge in [-0.3, -0.25) is 4.79 Å². The monoisotopic (exact) mass is 402 g/mol. The molecule has 1 aliphatic carbocycles. The average Bonchev–Trinajstić information content (AvgIpc) is 3.54. The first kappa shape index (κ1) is 20.4. The molecule has 0 aromatic heterocycles. The van der Waals surface area contributed by atoms with Gasteiger partial charge in [0, 0.05) is 31.4 Å². The number of methoxy groups -OCH3 is 1. The summed E-state index contributed by atoms with van der Waals surface area (Å²) in [5.74, 6) is 0.967. The fourth-order valence-corrected chi connectivity index (χ4v) is 4.16. The van der Waals surface area contributed by atoms with Gasteiger partial charge in [0.15, 0.2) is 0 Å². The molecule has 28 heavy (non-hydrogen) atoms. The van der Waals surface area contributed by atoms with Crippen LogP contribution in [0.2, 0.25) is 0 Å². The van der Waals surface area contributed by atoms with Crippen LogP contribution in [0.1, 0.15) is 30.1 Å². The highest BCUT2D eigenvalue weighted by Crippen LogP contribution is 2.38. The van der Waals surface area contributed by atoms with E-state index in [1.54, 1.807) is 24.1 Å². The molecule has 1 atom stereocenters. The molecule has 1 aliphatic rings.